The van der Waals surface area contributed by atoms with Gasteiger partial charge in [-0.1, -0.05) is 18.7 Å². The molecule has 2 aliphatic heterocycles. The number of benzene rings is 2. The zero-order valence-corrected chi connectivity index (χ0v) is 19.0. The molecule has 2 aliphatic rings. The second-order valence-electron chi connectivity index (χ2n) is 8.86. The molecule has 0 bridgehead atoms. The molecule has 1 fully saturated rings. The Morgan fingerprint density at radius 3 is 2.74 bits per heavy atom. The van der Waals surface area contributed by atoms with E-state index in [9.17, 15) is 9.59 Å². The molecule has 3 aromatic rings. The number of carbonyl (C=O) groups excluding carboxylic acids is 2. The summed E-state index contributed by atoms with van der Waals surface area (Å²) in [6.07, 6.45) is 0. The molecule has 0 unspecified atom stereocenters. The molecule has 0 spiro atoms. The maximum atomic E-state index is 13.2. The number of piperazine rings is 1. The minimum Gasteiger partial charge on any atom is -0.398 e. The van der Waals surface area contributed by atoms with Gasteiger partial charge in [0.15, 0.2) is 5.69 Å². The van der Waals surface area contributed by atoms with Crippen molar-refractivity contribution in [2.45, 2.75) is 6.54 Å². The Bertz CT molecular complexity index is 1380. The van der Waals surface area contributed by atoms with Crippen molar-refractivity contribution < 1.29 is 9.59 Å². The summed E-state index contributed by atoms with van der Waals surface area (Å²) in [5.74, 6) is -0.295. The number of nitrogens with zero attached hydrogens (tertiary/aromatic N) is 5. The molecule has 0 radical (unpaired) electrons. The van der Waals surface area contributed by atoms with E-state index in [1.807, 2.05) is 42.3 Å². The largest absolute Gasteiger partial charge is 0.398 e. The van der Waals surface area contributed by atoms with Crippen LogP contribution in [0.2, 0.25) is 0 Å². The quantitative estimate of drug-likeness (QED) is 0.460. The minimum absolute atomic E-state index is 0.0876. The Labute approximate surface area is 197 Å². The standard InChI is InChI=1S/C25H25N7O2/c1-15(12-26)13-32-14-19-17(4-5-20(27)22(19)24(32)33)16-3-6-21-18(11-16)23(29-28-21)25(34)31-9-7-30(2)8-10-31/h3-6,11H,1,7-10,13-14,27H2,2H3,(H,28,29). The molecule has 1 aromatic heterocycles. The van der Waals surface area contributed by atoms with E-state index in [0.29, 0.717) is 42.2 Å². The summed E-state index contributed by atoms with van der Waals surface area (Å²) in [5, 5.41) is 17.1. The third-order valence-corrected chi connectivity index (χ3v) is 6.60. The zero-order chi connectivity index (χ0) is 24.0. The van der Waals surface area contributed by atoms with Crippen LogP contribution >= 0.6 is 0 Å². The zero-order valence-electron chi connectivity index (χ0n) is 19.0. The van der Waals surface area contributed by atoms with E-state index in [-0.39, 0.29) is 18.4 Å². The molecule has 3 heterocycles. The summed E-state index contributed by atoms with van der Waals surface area (Å²) in [5.41, 5.74) is 11.1. The van der Waals surface area contributed by atoms with E-state index in [4.69, 9.17) is 11.0 Å². The van der Waals surface area contributed by atoms with E-state index in [0.717, 1.165) is 40.7 Å². The van der Waals surface area contributed by atoms with Gasteiger partial charge in [-0.3, -0.25) is 14.7 Å². The number of hydrogen-bond acceptors (Lipinski definition) is 6. The number of fused-ring (bicyclic) bond motifs is 2. The van der Waals surface area contributed by atoms with Gasteiger partial charge in [0.1, 0.15) is 0 Å². The summed E-state index contributed by atoms with van der Waals surface area (Å²) in [6.45, 7) is 7.20. The lowest BCUT2D eigenvalue weighted by atomic mass is 9.94. The molecule has 34 heavy (non-hydrogen) atoms. The summed E-state index contributed by atoms with van der Waals surface area (Å²) in [7, 11) is 2.05. The van der Waals surface area contributed by atoms with Gasteiger partial charge in [-0.15, -0.1) is 0 Å². The predicted octanol–water partition coefficient (Wildman–Crippen LogP) is 2.24. The topological polar surface area (TPSA) is 122 Å². The molecular formula is C25H25N7O2. The highest BCUT2D eigenvalue weighted by molar-refractivity contribution is 6.07. The molecular weight excluding hydrogens is 430 g/mol. The maximum Gasteiger partial charge on any atom is 0.275 e. The van der Waals surface area contributed by atoms with Crippen LogP contribution in [0.1, 0.15) is 26.4 Å². The Kier molecular flexibility index (Phi) is 5.30. The predicted molar refractivity (Wildman–Crippen MR) is 129 cm³/mol. The van der Waals surface area contributed by atoms with Crippen LogP contribution in [-0.4, -0.2) is 76.5 Å². The number of nitrogens with two attached hydrogens (primary N) is 1. The molecule has 9 heteroatoms. The van der Waals surface area contributed by atoms with Gasteiger partial charge >= 0.3 is 0 Å². The van der Waals surface area contributed by atoms with Gasteiger partial charge in [0.2, 0.25) is 0 Å². The van der Waals surface area contributed by atoms with Crippen molar-refractivity contribution in [1.29, 1.82) is 5.26 Å². The van der Waals surface area contributed by atoms with Gasteiger partial charge in [0.25, 0.3) is 11.8 Å². The third-order valence-electron chi connectivity index (χ3n) is 6.60. The number of nitrogens with one attached hydrogen (secondary N) is 1. The number of nitrogen functional groups attached to an aromatic ring is 1. The number of carbonyl (C=O) groups is 2. The fourth-order valence-corrected chi connectivity index (χ4v) is 4.67. The highest BCUT2D eigenvalue weighted by Gasteiger charge is 2.32. The Morgan fingerprint density at radius 1 is 1.24 bits per heavy atom. The smallest absolute Gasteiger partial charge is 0.275 e. The highest BCUT2D eigenvalue weighted by Crippen LogP contribution is 2.37. The molecule has 0 aliphatic carbocycles. The number of aromatic amines is 1. The van der Waals surface area contributed by atoms with Crippen LogP contribution in [0, 0.1) is 11.3 Å². The van der Waals surface area contributed by atoms with Crippen LogP contribution in [0.5, 0.6) is 0 Å². The van der Waals surface area contributed by atoms with E-state index >= 15 is 0 Å². The van der Waals surface area contributed by atoms with Gasteiger partial charge in [0.05, 0.1) is 23.7 Å². The maximum absolute atomic E-state index is 13.2. The highest BCUT2D eigenvalue weighted by atomic mass is 16.2. The van der Waals surface area contributed by atoms with E-state index in [1.54, 1.807) is 11.0 Å². The molecule has 0 saturated carbocycles. The number of H-pyrrole nitrogens is 1. The Balaban J connectivity index is 1.53. The molecule has 172 valence electrons. The van der Waals surface area contributed by atoms with E-state index < -0.39 is 0 Å². The summed E-state index contributed by atoms with van der Waals surface area (Å²) in [6, 6.07) is 11.4. The van der Waals surface area contributed by atoms with E-state index in [1.165, 1.54) is 0 Å². The number of rotatable bonds is 4. The fraction of sp³-hybridized carbons (Fsp3) is 0.280. The average Bonchev–Trinajstić information content (AvgIpc) is 3.40. The number of nitriles is 1. The summed E-state index contributed by atoms with van der Waals surface area (Å²) >= 11 is 0. The number of amides is 2. The lowest BCUT2D eigenvalue weighted by molar-refractivity contribution is 0.0659. The van der Waals surface area contributed by atoms with Crippen molar-refractivity contribution in [3.05, 3.63) is 59.3 Å². The molecule has 3 N–H and O–H groups in total. The second kappa shape index (κ2) is 8.32. The van der Waals surface area contributed by atoms with Gasteiger partial charge in [-0.25, -0.2) is 0 Å². The first kappa shape index (κ1) is 21.7. The van der Waals surface area contributed by atoms with Crippen LogP contribution in [-0.2, 0) is 6.54 Å². The minimum atomic E-state index is -0.207. The first-order valence-corrected chi connectivity index (χ1v) is 11.1. The van der Waals surface area contributed by atoms with Crippen LogP contribution in [0.3, 0.4) is 0 Å². The lowest BCUT2D eigenvalue weighted by Crippen LogP contribution is -2.47. The third kappa shape index (κ3) is 3.58. The molecule has 2 amide bonds. The van der Waals surface area contributed by atoms with Crippen LogP contribution < -0.4 is 5.73 Å². The van der Waals surface area contributed by atoms with Crippen LogP contribution in [0.15, 0.2) is 42.5 Å². The lowest BCUT2D eigenvalue weighted by Gasteiger charge is -2.32. The summed E-state index contributed by atoms with van der Waals surface area (Å²) < 4.78 is 0. The summed E-state index contributed by atoms with van der Waals surface area (Å²) in [4.78, 5) is 31.8. The monoisotopic (exact) mass is 455 g/mol. The van der Waals surface area contributed by atoms with Gasteiger partial charge in [-0.05, 0) is 41.9 Å². The van der Waals surface area contributed by atoms with Crippen molar-refractivity contribution in [2.24, 2.45) is 0 Å². The van der Waals surface area contributed by atoms with Gasteiger partial charge in [0, 0.05) is 49.4 Å². The number of likely N-dealkylation sites (N-methyl/N-ethyl adjacent to an activating group) is 1. The average molecular weight is 456 g/mol. The normalized spacial score (nSPS) is 16.1. The molecule has 2 aromatic carbocycles. The van der Waals surface area contributed by atoms with Crippen molar-refractivity contribution in [2.75, 3.05) is 45.5 Å². The van der Waals surface area contributed by atoms with Gasteiger partial charge < -0.3 is 20.4 Å². The molecule has 5 rings (SSSR count). The molecule has 0 atom stereocenters. The first-order valence-electron chi connectivity index (χ1n) is 11.1. The fourth-order valence-electron chi connectivity index (χ4n) is 4.67. The number of aromatic nitrogens is 2. The number of hydrogen-bond donors (Lipinski definition) is 2. The van der Waals surface area contributed by atoms with Gasteiger partial charge in [-0.2, -0.15) is 10.4 Å². The van der Waals surface area contributed by atoms with Crippen molar-refractivity contribution in [3.8, 4) is 17.2 Å². The molecule has 1 saturated heterocycles. The Morgan fingerprint density at radius 2 is 2.00 bits per heavy atom. The van der Waals surface area contributed by atoms with Crippen LogP contribution in [0.25, 0.3) is 22.0 Å². The SMILES string of the molecule is C=C(C#N)CN1Cc2c(-c3ccc4[nH]nc(C(=O)N5CCN(C)CC5)c4c3)ccc(N)c2C1=O. The number of anilines is 1. The van der Waals surface area contributed by atoms with Crippen molar-refractivity contribution >= 4 is 28.4 Å². The van der Waals surface area contributed by atoms with Crippen molar-refractivity contribution in [3.63, 3.8) is 0 Å². The molecule has 9 nitrogen and oxygen atoms in total. The van der Waals surface area contributed by atoms with Crippen LogP contribution in [0.4, 0.5) is 5.69 Å². The first-order chi connectivity index (χ1) is 16.4. The Hall–Kier alpha value is -4.16. The van der Waals surface area contributed by atoms with E-state index in [2.05, 4.69) is 21.7 Å². The van der Waals surface area contributed by atoms with Crippen molar-refractivity contribution in [1.82, 2.24) is 24.9 Å². The second-order valence-corrected chi connectivity index (χ2v) is 8.86.